The molecule has 30 heavy (non-hydrogen) atoms. The van der Waals surface area contributed by atoms with Crippen LogP contribution in [0.1, 0.15) is 55.3 Å². The lowest BCUT2D eigenvalue weighted by molar-refractivity contribution is 0.177. The molecular formula is C25H33NO4. The van der Waals surface area contributed by atoms with Gasteiger partial charge in [0, 0.05) is 23.7 Å². The van der Waals surface area contributed by atoms with Gasteiger partial charge in [-0.15, -0.1) is 0 Å². The highest BCUT2D eigenvalue weighted by molar-refractivity contribution is 5.88. The van der Waals surface area contributed by atoms with Crippen LogP contribution in [0.15, 0.2) is 18.2 Å². The molecule has 4 rings (SSSR count). The molecule has 0 amide bonds. The van der Waals surface area contributed by atoms with Crippen molar-refractivity contribution in [2.45, 2.75) is 51.5 Å². The molecule has 162 valence electrons. The summed E-state index contributed by atoms with van der Waals surface area (Å²) in [7, 11) is 4.98. The number of phenols is 1. The van der Waals surface area contributed by atoms with Crippen LogP contribution in [-0.4, -0.2) is 44.4 Å². The van der Waals surface area contributed by atoms with Gasteiger partial charge in [-0.3, -0.25) is 4.90 Å². The molecule has 1 aliphatic carbocycles. The van der Waals surface area contributed by atoms with E-state index in [-0.39, 0.29) is 5.75 Å². The summed E-state index contributed by atoms with van der Waals surface area (Å²) in [5.74, 6) is 2.12. The molecule has 0 fully saturated rings. The van der Waals surface area contributed by atoms with Crippen LogP contribution in [0.4, 0.5) is 0 Å². The first-order valence-electron chi connectivity index (χ1n) is 11.1. The number of hydrogen-bond donors (Lipinski definition) is 1. The molecule has 0 unspecified atom stereocenters. The molecule has 1 N–H and O–H groups in total. The third kappa shape index (κ3) is 3.39. The van der Waals surface area contributed by atoms with E-state index in [1.165, 1.54) is 42.4 Å². The number of hydrogen-bond acceptors (Lipinski definition) is 5. The molecule has 0 bridgehead atoms. The van der Waals surface area contributed by atoms with E-state index >= 15 is 0 Å². The Labute approximate surface area is 179 Å². The van der Waals surface area contributed by atoms with Crippen LogP contribution in [0, 0.1) is 0 Å². The second-order valence-corrected chi connectivity index (χ2v) is 8.28. The zero-order valence-corrected chi connectivity index (χ0v) is 18.6. The third-order valence-corrected chi connectivity index (χ3v) is 6.63. The predicted molar refractivity (Wildman–Crippen MR) is 119 cm³/mol. The maximum atomic E-state index is 10.5. The second kappa shape index (κ2) is 8.76. The Morgan fingerprint density at radius 1 is 0.967 bits per heavy atom. The summed E-state index contributed by atoms with van der Waals surface area (Å²) in [6, 6.07) is 6.22. The Morgan fingerprint density at radius 2 is 1.77 bits per heavy atom. The zero-order chi connectivity index (χ0) is 21.3. The molecule has 0 saturated heterocycles. The van der Waals surface area contributed by atoms with Crippen molar-refractivity contribution in [2.24, 2.45) is 0 Å². The van der Waals surface area contributed by atoms with Crippen LogP contribution >= 0.6 is 0 Å². The smallest absolute Gasteiger partial charge is 0.169 e. The molecule has 1 atom stereocenters. The van der Waals surface area contributed by atoms with E-state index in [0.29, 0.717) is 11.8 Å². The van der Waals surface area contributed by atoms with E-state index in [9.17, 15) is 5.11 Å². The summed E-state index contributed by atoms with van der Waals surface area (Å²) >= 11 is 0. The minimum atomic E-state index is 0.153. The van der Waals surface area contributed by atoms with Crippen molar-refractivity contribution in [2.75, 3.05) is 34.4 Å². The minimum absolute atomic E-state index is 0.153. The first-order chi connectivity index (χ1) is 14.6. The molecule has 2 aromatic carbocycles. The summed E-state index contributed by atoms with van der Waals surface area (Å²) in [6.45, 7) is 4.43. The Balaban J connectivity index is 1.88. The lowest BCUT2D eigenvalue weighted by atomic mass is 9.76. The number of ether oxygens (including phenoxy) is 3. The number of fused-ring (bicyclic) bond motifs is 2. The van der Waals surface area contributed by atoms with Gasteiger partial charge in [-0.25, -0.2) is 0 Å². The summed E-state index contributed by atoms with van der Waals surface area (Å²) in [4.78, 5) is 2.63. The normalized spacial score (nSPS) is 17.3. The van der Waals surface area contributed by atoms with E-state index < -0.39 is 0 Å². The number of aromatic hydroxyl groups is 1. The largest absolute Gasteiger partial charge is 0.504 e. The maximum Gasteiger partial charge on any atom is 0.169 e. The third-order valence-electron chi connectivity index (χ3n) is 6.63. The van der Waals surface area contributed by atoms with Crippen molar-refractivity contribution in [1.29, 1.82) is 0 Å². The number of nitrogens with zero attached hydrogens (tertiary/aromatic N) is 1. The standard InChI is InChI=1S/C25H33NO4/c1-5-6-7-8-12-26-13-11-17-15-20(28-2)25(30-4)23-21(17)18(26)14-16-9-10-19(27)24(29-3)22(16)23/h9-10,15,18,27H,5-8,11-14H2,1-4H3/t18-/m0/s1. The number of unbranched alkanes of at least 4 members (excludes halogenated alkanes) is 3. The summed E-state index contributed by atoms with van der Waals surface area (Å²) in [5, 5.41) is 10.5. The zero-order valence-electron chi connectivity index (χ0n) is 18.6. The second-order valence-electron chi connectivity index (χ2n) is 8.28. The predicted octanol–water partition coefficient (Wildman–Crippen LogP) is 5.12. The van der Waals surface area contributed by atoms with Crippen LogP contribution in [0.2, 0.25) is 0 Å². The average molecular weight is 412 g/mol. The van der Waals surface area contributed by atoms with Crippen LogP contribution in [0.5, 0.6) is 23.0 Å². The number of benzene rings is 2. The van der Waals surface area contributed by atoms with Gasteiger partial charge >= 0.3 is 0 Å². The quantitative estimate of drug-likeness (QED) is 0.611. The molecule has 0 saturated carbocycles. The van der Waals surface area contributed by atoms with Crippen LogP contribution in [0.25, 0.3) is 11.1 Å². The molecule has 0 radical (unpaired) electrons. The SMILES string of the molecule is CCCCCCN1CCc2cc(OC)c(OC)c3c2[C@@H]1Cc1ccc(O)c(OC)c1-3. The first-order valence-corrected chi connectivity index (χ1v) is 11.1. The molecule has 5 heteroatoms. The van der Waals surface area contributed by atoms with Crippen LogP contribution < -0.4 is 14.2 Å². The molecule has 5 nitrogen and oxygen atoms in total. The van der Waals surface area contributed by atoms with Gasteiger partial charge in [-0.05, 0) is 54.6 Å². The van der Waals surface area contributed by atoms with E-state index in [1.54, 1.807) is 27.4 Å². The van der Waals surface area contributed by atoms with Gasteiger partial charge in [0.15, 0.2) is 23.0 Å². The number of phenolic OH excluding ortho intramolecular Hbond substituents is 1. The lowest BCUT2D eigenvalue weighted by Gasteiger charge is -2.42. The Morgan fingerprint density at radius 3 is 2.47 bits per heavy atom. The van der Waals surface area contributed by atoms with Gasteiger partial charge in [-0.2, -0.15) is 0 Å². The minimum Gasteiger partial charge on any atom is -0.504 e. The molecular weight excluding hydrogens is 378 g/mol. The van der Waals surface area contributed by atoms with Gasteiger partial charge in [0.1, 0.15) is 0 Å². The molecule has 0 spiro atoms. The highest BCUT2D eigenvalue weighted by Crippen LogP contribution is 2.56. The van der Waals surface area contributed by atoms with Crippen LogP contribution in [-0.2, 0) is 12.8 Å². The van der Waals surface area contributed by atoms with E-state index in [0.717, 1.165) is 48.6 Å². The summed E-state index contributed by atoms with van der Waals surface area (Å²) < 4.78 is 17.2. The van der Waals surface area contributed by atoms with Gasteiger partial charge < -0.3 is 19.3 Å². The Bertz CT molecular complexity index is 924. The van der Waals surface area contributed by atoms with Gasteiger partial charge in [0.05, 0.1) is 21.3 Å². The highest BCUT2D eigenvalue weighted by atomic mass is 16.5. The molecule has 2 aromatic rings. The Hall–Kier alpha value is -2.40. The molecule has 2 aliphatic rings. The fraction of sp³-hybridized carbons (Fsp3) is 0.520. The van der Waals surface area contributed by atoms with Crippen molar-refractivity contribution in [3.05, 3.63) is 34.9 Å². The van der Waals surface area contributed by atoms with Crippen LogP contribution in [0.3, 0.4) is 0 Å². The lowest BCUT2D eigenvalue weighted by Crippen LogP contribution is -2.39. The van der Waals surface area contributed by atoms with Gasteiger partial charge in [-0.1, -0.05) is 32.3 Å². The van der Waals surface area contributed by atoms with Gasteiger partial charge in [0.2, 0.25) is 0 Å². The molecule has 1 aliphatic heterocycles. The van der Waals surface area contributed by atoms with Crippen molar-refractivity contribution >= 4 is 0 Å². The monoisotopic (exact) mass is 411 g/mol. The highest BCUT2D eigenvalue weighted by Gasteiger charge is 2.39. The number of methoxy groups -OCH3 is 3. The topological polar surface area (TPSA) is 51.2 Å². The van der Waals surface area contributed by atoms with Crippen molar-refractivity contribution in [3.63, 3.8) is 0 Å². The molecule has 0 aromatic heterocycles. The van der Waals surface area contributed by atoms with Crippen molar-refractivity contribution in [3.8, 4) is 34.1 Å². The number of rotatable bonds is 8. The van der Waals surface area contributed by atoms with E-state index in [2.05, 4.69) is 17.9 Å². The van der Waals surface area contributed by atoms with E-state index in [1.807, 2.05) is 6.07 Å². The first kappa shape index (κ1) is 20.9. The van der Waals surface area contributed by atoms with Crippen molar-refractivity contribution in [1.82, 2.24) is 4.90 Å². The summed E-state index contributed by atoms with van der Waals surface area (Å²) in [5.41, 5.74) is 5.76. The van der Waals surface area contributed by atoms with E-state index in [4.69, 9.17) is 14.2 Å². The fourth-order valence-corrected chi connectivity index (χ4v) is 5.21. The summed E-state index contributed by atoms with van der Waals surface area (Å²) in [6.07, 6.45) is 6.96. The fourth-order valence-electron chi connectivity index (χ4n) is 5.21. The average Bonchev–Trinajstić information content (AvgIpc) is 2.77. The maximum absolute atomic E-state index is 10.5. The van der Waals surface area contributed by atoms with Gasteiger partial charge in [0.25, 0.3) is 0 Å². The Kier molecular flexibility index (Phi) is 6.09. The van der Waals surface area contributed by atoms with Crippen molar-refractivity contribution < 1.29 is 19.3 Å². The molecule has 1 heterocycles.